The van der Waals surface area contributed by atoms with E-state index in [0.717, 1.165) is 33.3 Å². The maximum atomic E-state index is 13.7. The van der Waals surface area contributed by atoms with Gasteiger partial charge in [0.05, 0.1) is 18.6 Å². The van der Waals surface area contributed by atoms with E-state index in [0.29, 0.717) is 12.2 Å². The van der Waals surface area contributed by atoms with E-state index in [1.807, 2.05) is 55.5 Å². The number of methoxy groups -OCH3 is 1. The summed E-state index contributed by atoms with van der Waals surface area (Å²) >= 11 is 3.49. The number of sulfonamides is 1. The van der Waals surface area contributed by atoms with Crippen LogP contribution in [-0.2, 0) is 27.7 Å². The second-order valence-corrected chi connectivity index (χ2v) is 11.6. The molecule has 8 heteroatoms. The Morgan fingerprint density at radius 1 is 1.11 bits per heavy atom. The summed E-state index contributed by atoms with van der Waals surface area (Å²) in [5, 5.41) is 0. The number of aryl methyl sites for hydroxylation is 1. The van der Waals surface area contributed by atoms with Gasteiger partial charge in [0.1, 0.15) is 5.75 Å². The molecule has 1 amide bonds. The zero-order valence-electron chi connectivity index (χ0n) is 20.1. The monoisotopic (exact) mass is 556 g/mol. The van der Waals surface area contributed by atoms with Crippen molar-refractivity contribution in [1.29, 1.82) is 0 Å². The van der Waals surface area contributed by atoms with Crippen molar-refractivity contribution in [3.8, 4) is 5.75 Å². The Labute approximate surface area is 215 Å². The van der Waals surface area contributed by atoms with E-state index in [1.54, 1.807) is 31.1 Å². The molecule has 0 saturated heterocycles. The summed E-state index contributed by atoms with van der Waals surface area (Å²) in [6, 6.07) is 20.3. The van der Waals surface area contributed by atoms with Crippen LogP contribution in [0.3, 0.4) is 0 Å². The molecule has 6 nitrogen and oxygen atoms in total. The first-order valence-electron chi connectivity index (χ1n) is 11.5. The van der Waals surface area contributed by atoms with Gasteiger partial charge in [-0.05, 0) is 79.8 Å². The van der Waals surface area contributed by atoms with E-state index in [1.165, 1.54) is 10.4 Å². The summed E-state index contributed by atoms with van der Waals surface area (Å²) in [6.45, 7) is 3.75. The smallest absolute Gasteiger partial charge is 0.243 e. The van der Waals surface area contributed by atoms with Gasteiger partial charge in [0.15, 0.2) is 0 Å². The van der Waals surface area contributed by atoms with Crippen LogP contribution in [0.25, 0.3) is 0 Å². The summed E-state index contributed by atoms with van der Waals surface area (Å²) in [5.74, 6) is 0.380. The van der Waals surface area contributed by atoms with Crippen LogP contribution in [0.2, 0.25) is 0 Å². The van der Waals surface area contributed by atoms with E-state index >= 15 is 0 Å². The van der Waals surface area contributed by atoms with Gasteiger partial charge in [0.25, 0.3) is 0 Å². The van der Waals surface area contributed by atoms with Crippen LogP contribution >= 0.6 is 15.9 Å². The van der Waals surface area contributed by atoms with Gasteiger partial charge in [0.2, 0.25) is 15.9 Å². The number of ether oxygens (including phenoxy) is 1. The predicted octanol–water partition coefficient (Wildman–Crippen LogP) is 4.98. The zero-order chi connectivity index (χ0) is 25.2. The number of hydrogen-bond donors (Lipinski definition) is 0. The lowest BCUT2D eigenvalue weighted by atomic mass is 10.1. The van der Waals surface area contributed by atoms with Gasteiger partial charge in [-0.2, -0.15) is 4.31 Å². The van der Waals surface area contributed by atoms with E-state index in [-0.39, 0.29) is 29.9 Å². The van der Waals surface area contributed by atoms with Crippen LogP contribution in [0, 0.1) is 6.92 Å². The topological polar surface area (TPSA) is 66.9 Å². The van der Waals surface area contributed by atoms with E-state index in [9.17, 15) is 13.2 Å². The fraction of sp³-hybridized carbons (Fsp3) is 0.296. The molecule has 1 aliphatic heterocycles. The maximum absolute atomic E-state index is 13.7. The summed E-state index contributed by atoms with van der Waals surface area (Å²) in [4.78, 5) is 15.4. The SMILES string of the molecule is COc1ccc(S(=O)(=O)N(CCc2ccccc2)CC(=O)N2c3ccc(Br)cc3C[C@H]2C)cc1C. The number of hydrogen-bond acceptors (Lipinski definition) is 4. The van der Waals surface area contributed by atoms with Crippen LogP contribution < -0.4 is 9.64 Å². The number of anilines is 1. The molecule has 0 aromatic heterocycles. The number of nitrogens with zero attached hydrogens (tertiary/aromatic N) is 2. The summed E-state index contributed by atoms with van der Waals surface area (Å²) in [7, 11) is -2.37. The van der Waals surface area contributed by atoms with Crippen molar-refractivity contribution in [2.75, 3.05) is 25.1 Å². The van der Waals surface area contributed by atoms with Crippen LogP contribution in [0.4, 0.5) is 5.69 Å². The quantitative estimate of drug-likeness (QED) is 0.392. The normalized spacial score (nSPS) is 15.3. The first-order valence-corrected chi connectivity index (χ1v) is 13.7. The number of carbonyl (C=O) groups is 1. The summed E-state index contributed by atoms with van der Waals surface area (Å²) in [5.41, 5.74) is 3.64. The van der Waals surface area contributed by atoms with Gasteiger partial charge in [-0.15, -0.1) is 0 Å². The van der Waals surface area contributed by atoms with Crippen molar-refractivity contribution in [1.82, 2.24) is 4.31 Å². The fourth-order valence-corrected chi connectivity index (χ4v) is 6.43. The van der Waals surface area contributed by atoms with Crippen molar-refractivity contribution in [2.45, 2.75) is 37.6 Å². The largest absolute Gasteiger partial charge is 0.496 e. The Balaban J connectivity index is 1.64. The molecule has 0 aliphatic carbocycles. The fourth-order valence-electron chi connectivity index (χ4n) is 4.55. The third-order valence-electron chi connectivity index (χ3n) is 6.33. The van der Waals surface area contributed by atoms with Crippen LogP contribution in [0.15, 0.2) is 76.1 Å². The molecule has 0 fully saturated rings. The molecule has 1 heterocycles. The Morgan fingerprint density at radius 2 is 1.86 bits per heavy atom. The Bertz CT molecular complexity index is 1330. The molecule has 0 radical (unpaired) electrons. The van der Waals surface area contributed by atoms with E-state index in [4.69, 9.17) is 4.74 Å². The molecule has 1 aliphatic rings. The maximum Gasteiger partial charge on any atom is 0.243 e. The molecule has 1 atom stereocenters. The van der Waals surface area contributed by atoms with Crippen molar-refractivity contribution in [3.05, 3.63) is 87.9 Å². The molecule has 0 spiro atoms. The van der Waals surface area contributed by atoms with Gasteiger partial charge in [-0.1, -0.05) is 46.3 Å². The molecule has 0 bridgehead atoms. The minimum atomic E-state index is -3.92. The Morgan fingerprint density at radius 3 is 2.54 bits per heavy atom. The highest BCUT2D eigenvalue weighted by molar-refractivity contribution is 9.10. The Hall–Kier alpha value is -2.68. The number of carbonyl (C=O) groups excluding carboxylic acids is 1. The van der Waals surface area contributed by atoms with Crippen molar-refractivity contribution in [2.24, 2.45) is 0 Å². The second kappa shape index (κ2) is 10.5. The van der Waals surface area contributed by atoms with E-state index in [2.05, 4.69) is 15.9 Å². The van der Waals surface area contributed by atoms with Gasteiger partial charge in [-0.25, -0.2) is 8.42 Å². The average Bonchev–Trinajstić information content (AvgIpc) is 3.16. The predicted molar refractivity (Wildman–Crippen MR) is 141 cm³/mol. The van der Waals surface area contributed by atoms with Gasteiger partial charge in [-0.3, -0.25) is 4.79 Å². The molecule has 3 aromatic carbocycles. The first kappa shape index (κ1) is 25.4. The molecular formula is C27H29BrN2O4S. The zero-order valence-corrected chi connectivity index (χ0v) is 22.5. The highest BCUT2D eigenvalue weighted by atomic mass is 79.9. The third-order valence-corrected chi connectivity index (χ3v) is 8.67. The van der Waals surface area contributed by atoms with Crippen LogP contribution in [0.5, 0.6) is 5.75 Å². The third kappa shape index (κ3) is 5.44. The van der Waals surface area contributed by atoms with Gasteiger partial charge >= 0.3 is 0 Å². The van der Waals surface area contributed by atoms with Crippen LogP contribution in [0.1, 0.15) is 23.6 Å². The highest BCUT2D eigenvalue weighted by Gasteiger charge is 2.34. The van der Waals surface area contributed by atoms with Gasteiger partial charge in [0, 0.05) is 22.7 Å². The number of halogens is 1. The molecule has 0 unspecified atom stereocenters. The van der Waals surface area contributed by atoms with Crippen molar-refractivity contribution in [3.63, 3.8) is 0 Å². The molecule has 0 N–H and O–H groups in total. The second-order valence-electron chi connectivity index (χ2n) is 8.80. The minimum absolute atomic E-state index is 0.0475. The van der Waals surface area contributed by atoms with Crippen molar-refractivity contribution >= 4 is 37.5 Å². The summed E-state index contributed by atoms with van der Waals surface area (Å²) in [6.07, 6.45) is 1.23. The molecule has 35 heavy (non-hydrogen) atoms. The molecule has 184 valence electrons. The first-order chi connectivity index (χ1) is 16.7. The number of rotatable bonds is 8. The Kier molecular flexibility index (Phi) is 7.64. The minimum Gasteiger partial charge on any atom is -0.496 e. The number of fused-ring (bicyclic) bond motifs is 1. The summed E-state index contributed by atoms with van der Waals surface area (Å²) < 4.78 is 35.0. The van der Waals surface area contributed by atoms with E-state index < -0.39 is 10.0 Å². The molecule has 0 saturated carbocycles. The molecule has 4 rings (SSSR count). The molecular weight excluding hydrogens is 528 g/mol. The molecule has 3 aromatic rings. The van der Waals surface area contributed by atoms with Crippen molar-refractivity contribution < 1.29 is 17.9 Å². The average molecular weight is 558 g/mol. The lowest BCUT2D eigenvalue weighted by molar-refractivity contribution is -0.119. The van der Waals surface area contributed by atoms with Gasteiger partial charge < -0.3 is 9.64 Å². The standard InChI is InChI=1S/C27H29BrN2O4S/c1-19-15-24(10-12-26(19)34-3)35(32,33)29(14-13-21-7-5-4-6-8-21)18-27(31)30-20(2)16-22-17-23(28)9-11-25(22)30/h4-12,15,17,20H,13-14,16,18H2,1-3H3/t20-/m1/s1. The lowest BCUT2D eigenvalue weighted by Crippen LogP contribution is -2.45. The van der Waals surface area contributed by atoms with Crippen LogP contribution in [-0.4, -0.2) is 44.9 Å². The lowest BCUT2D eigenvalue weighted by Gasteiger charge is -2.28. The number of amides is 1. The number of benzene rings is 3. The highest BCUT2D eigenvalue weighted by Crippen LogP contribution is 2.34.